The summed E-state index contributed by atoms with van der Waals surface area (Å²) in [4.78, 5) is 0. The molecule has 0 saturated carbocycles. The molecular weight excluding hydrogens is 244 g/mol. The Morgan fingerprint density at radius 2 is 1.25 bits per heavy atom. The van der Waals surface area contributed by atoms with E-state index in [1.165, 1.54) is 89.0 Å². The molecule has 120 valence electrons. The largest absolute Gasteiger partial charge is 0.396 e. The van der Waals surface area contributed by atoms with Crippen molar-refractivity contribution in [2.24, 2.45) is 0 Å². The Balaban J connectivity index is 3.54. The van der Waals surface area contributed by atoms with Crippen LogP contribution in [0.3, 0.4) is 0 Å². The Labute approximate surface area is 127 Å². The highest BCUT2D eigenvalue weighted by atomic mass is 16.2. The summed E-state index contributed by atoms with van der Waals surface area (Å²) < 4.78 is 0. The van der Waals surface area contributed by atoms with Gasteiger partial charge in [-0.1, -0.05) is 83.3 Å². The van der Waals surface area contributed by atoms with Gasteiger partial charge in [0.25, 0.3) is 0 Å². The number of unbranched alkanes of at least 4 members (excludes halogenated alkanes) is 10. The molecular formula is C19H38O. The summed E-state index contributed by atoms with van der Waals surface area (Å²) in [7, 11) is 0. The second-order valence-corrected chi connectivity index (χ2v) is 6.06. The smallest absolute Gasteiger partial charge is 0.0468 e. The molecule has 0 fully saturated rings. The molecule has 0 saturated heterocycles. The molecule has 0 aromatic heterocycles. The second kappa shape index (κ2) is 16.8. The standard InChI is InChI=1S/C19H38O/c1-3-5-7-9-10-11-12-14-16-19(17-18-20)15-13-8-6-4-2/h15,20H,3-14,16-18H2,1-2H3/b19-15+. The molecule has 0 aliphatic carbocycles. The van der Waals surface area contributed by atoms with Crippen molar-refractivity contribution in [2.45, 2.75) is 104 Å². The van der Waals surface area contributed by atoms with Crippen molar-refractivity contribution in [3.63, 3.8) is 0 Å². The zero-order valence-corrected chi connectivity index (χ0v) is 14.1. The number of allylic oxidation sites excluding steroid dienone is 1. The highest BCUT2D eigenvalue weighted by Crippen LogP contribution is 2.16. The third-order valence-corrected chi connectivity index (χ3v) is 4.03. The van der Waals surface area contributed by atoms with Crippen LogP contribution in [0.4, 0.5) is 0 Å². The highest BCUT2D eigenvalue weighted by molar-refractivity contribution is 5.01. The fourth-order valence-electron chi connectivity index (χ4n) is 2.66. The van der Waals surface area contributed by atoms with Gasteiger partial charge in [0, 0.05) is 6.61 Å². The van der Waals surface area contributed by atoms with Crippen LogP contribution in [0.25, 0.3) is 0 Å². The summed E-state index contributed by atoms with van der Waals surface area (Å²) >= 11 is 0. The van der Waals surface area contributed by atoms with Gasteiger partial charge in [-0.2, -0.15) is 0 Å². The molecule has 0 radical (unpaired) electrons. The first-order valence-corrected chi connectivity index (χ1v) is 9.13. The third-order valence-electron chi connectivity index (χ3n) is 4.03. The quantitative estimate of drug-likeness (QED) is 0.272. The van der Waals surface area contributed by atoms with Gasteiger partial charge in [-0.3, -0.25) is 0 Å². The van der Waals surface area contributed by atoms with Crippen molar-refractivity contribution in [3.8, 4) is 0 Å². The summed E-state index contributed by atoms with van der Waals surface area (Å²) in [6, 6.07) is 0. The van der Waals surface area contributed by atoms with Crippen molar-refractivity contribution in [1.82, 2.24) is 0 Å². The van der Waals surface area contributed by atoms with Gasteiger partial charge in [-0.25, -0.2) is 0 Å². The Morgan fingerprint density at radius 1 is 0.700 bits per heavy atom. The minimum atomic E-state index is 0.316. The number of rotatable bonds is 15. The maximum atomic E-state index is 9.12. The second-order valence-electron chi connectivity index (χ2n) is 6.06. The van der Waals surface area contributed by atoms with Crippen LogP contribution in [0.5, 0.6) is 0 Å². The van der Waals surface area contributed by atoms with E-state index in [9.17, 15) is 0 Å². The molecule has 0 rings (SSSR count). The summed E-state index contributed by atoms with van der Waals surface area (Å²) in [5.74, 6) is 0. The molecule has 0 bridgehead atoms. The molecule has 0 aromatic carbocycles. The van der Waals surface area contributed by atoms with E-state index in [2.05, 4.69) is 19.9 Å². The van der Waals surface area contributed by atoms with Gasteiger partial charge in [0.15, 0.2) is 0 Å². The van der Waals surface area contributed by atoms with E-state index in [4.69, 9.17) is 5.11 Å². The van der Waals surface area contributed by atoms with E-state index in [0.717, 1.165) is 6.42 Å². The van der Waals surface area contributed by atoms with Crippen LogP contribution in [0.15, 0.2) is 11.6 Å². The van der Waals surface area contributed by atoms with Gasteiger partial charge in [-0.05, 0) is 32.1 Å². The van der Waals surface area contributed by atoms with E-state index < -0.39 is 0 Å². The summed E-state index contributed by atoms with van der Waals surface area (Å²) in [5, 5.41) is 9.12. The van der Waals surface area contributed by atoms with Gasteiger partial charge >= 0.3 is 0 Å². The van der Waals surface area contributed by atoms with E-state index in [1.807, 2.05) is 0 Å². The Kier molecular flexibility index (Phi) is 16.5. The zero-order valence-electron chi connectivity index (χ0n) is 14.1. The monoisotopic (exact) mass is 282 g/mol. The van der Waals surface area contributed by atoms with Gasteiger partial charge < -0.3 is 5.11 Å². The summed E-state index contributed by atoms with van der Waals surface area (Å²) in [6.45, 7) is 4.84. The predicted molar refractivity (Wildman–Crippen MR) is 91.2 cm³/mol. The summed E-state index contributed by atoms with van der Waals surface area (Å²) in [5.41, 5.74) is 1.49. The lowest BCUT2D eigenvalue weighted by molar-refractivity contribution is 0.297. The van der Waals surface area contributed by atoms with E-state index in [-0.39, 0.29) is 0 Å². The average molecular weight is 283 g/mol. The fourth-order valence-corrected chi connectivity index (χ4v) is 2.66. The molecule has 0 aliphatic heterocycles. The first-order chi connectivity index (χ1) is 9.85. The maximum absolute atomic E-state index is 9.12. The Hall–Kier alpha value is -0.300. The maximum Gasteiger partial charge on any atom is 0.0468 e. The van der Waals surface area contributed by atoms with Crippen molar-refractivity contribution in [2.75, 3.05) is 6.61 Å². The van der Waals surface area contributed by atoms with Crippen LogP contribution in [0, 0.1) is 0 Å². The van der Waals surface area contributed by atoms with Crippen LogP contribution in [0.2, 0.25) is 0 Å². The Morgan fingerprint density at radius 3 is 1.85 bits per heavy atom. The van der Waals surface area contributed by atoms with Crippen LogP contribution in [-0.2, 0) is 0 Å². The lowest BCUT2D eigenvalue weighted by Crippen LogP contribution is -1.91. The molecule has 1 N–H and O–H groups in total. The average Bonchev–Trinajstić information content (AvgIpc) is 2.46. The Bertz CT molecular complexity index is 208. The van der Waals surface area contributed by atoms with E-state index in [0.29, 0.717) is 6.61 Å². The first-order valence-electron chi connectivity index (χ1n) is 9.13. The number of hydrogen-bond donors (Lipinski definition) is 1. The molecule has 0 amide bonds. The molecule has 1 nitrogen and oxygen atoms in total. The van der Waals surface area contributed by atoms with Crippen molar-refractivity contribution >= 4 is 0 Å². The predicted octanol–water partition coefficient (Wildman–Crippen LogP) is 6.41. The molecule has 0 unspecified atom stereocenters. The summed E-state index contributed by atoms with van der Waals surface area (Å²) in [6.07, 6.45) is 20.7. The first kappa shape index (κ1) is 19.7. The van der Waals surface area contributed by atoms with Crippen molar-refractivity contribution in [3.05, 3.63) is 11.6 Å². The normalized spacial score (nSPS) is 12.1. The van der Waals surface area contributed by atoms with Crippen molar-refractivity contribution < 1.29 is 5.11 Å². The SMILES string of the molecule is CCCCC/C=C(/CCO)CCCCCCCCCC. The minimum Gasteiger partial charge on any atom is -0.396 e. The van der Waals surface area contributed by atoms with Gasteiger partial charge in [0.1, 0.15) is 0 Å². The molecule has 0 atom stereocenters. The molecule has 1 heteroatoms. The highest BCUT2D eigenvalue weighted by Gasteiger charge is 1.98. The van der Waals surface area contributed by atoms with E-state index in [1.54, 1.807) is 0 Å². The zero-order chi connectivity index (χ0) is 14.9. The lowest BCUT2D eigenvalue weighted by atomic mass is 10.0. The number of hydrogen-bond acceptors (Lipinski definition) is 1. The van der Waals surface area contributed by atoms with Crippen LogP contribution in [0.1, 0.15) is 104 Å². The van der Waals surface area contributed by atoms with Crippen LogP contribution in [-0.4, -0.2) is 11.7 Å². The third kappa shape index (κ3) is 14.1. The molecule has 0 aromatic rings. The lowest BCUT2D eigenvalue weighted by Gasteiger charge is -2.07. The van der Waals surface area contributed by atoms with Crippen LogP contribution >= 0.6 is 0 Å². The van der Waals surface area contributed by atoms with Gasteiger partial charge in [0.2, 0.25) is 0 Å². The van der Waals surface area contributed by atoms with Crippen LogP contribution < -0.4 is 0 Å². The molecule has 0 heterocycles. The number of aliphatic hydroxyl groups is 1. The van der Waals surface area contributed by atoms with E-state index >= 15 is 0 Å². The fraction of sp³-hybridized carbons (Fsp3) is 0.895. The topological polar surface area (TPSA) is 20.2 Å². The number of aliphatic hydroxyl groups excluding tert-OH is 1. The molecule has 20 heavy (non-hydrogen) atoms. The van der Waals surface area contributed by atoms with Gasteiger partial charge in [0.05, 0.1) is 0 Å². The van der Waals surface area contributed by atoms with Gasteiger partial charge in [-0.15, -0.1) is 0 Å². The molecule has 0 aliphatic rings. The van der Waals surface area contributed by atoms with Crippen molar-refractivity contribution in [1.29, 1.82) is 0 Å². The minimum absolute atomic E-state index is 0.316. The molecule has 0 spiro atoms.